The van der Waals surface area contributed by atoms with Gasteiger partial charge >= 0.3 is 0 Å². The Morgan fingerprint density at radius 2 is 2.00 bits per heavy atom. The van der Waals surface area contributed by atoms with Gasteiger partial charge in [-0.2, -0.15) is 0 Å². The molecule has 4 heteroatoms. The highest BCUT2D eigenvalue weighted by molar-refractivity contribution is 5.50. The van der Waals surface area contributed by atoms with E-state index in [1.165, 1.54) is 6.07 Å². The van der Waals surface area contributed by atoms with E-state index in [9.17, 15) is 4.39 Å². The number of nitrogen functional groups attached to an aromatic ring is 1. The van der Waals surface area contributed by atoms with Crippen LogP contribution in [0.5, 0.6) is 5.75 Å². The first-order valence-electron chi connectivity index (χ1n) is 5.30. The van der Waals surface area contributed by atoms with Gasteiger partial charge in [-0.15, -0.1) is 0 Å². The second-order valence-corrected chi connectivity index (χ2v) is 3.91. The van der Waals surface area contributed by atoms with Crippen molar-refractivity contribution in [3.63, 3.8) is 0 Å². The van der Waals surface area contributed by atoms with Crippen molar-refractivity contribution < 1.29 is 13.9 Å². The lowest BCUT2D eigenvalue weighted by Crippen LogP contribution is -2.12. The van der Waals surface area contributed by atoms with Crippen molar-refractivity contribution >= 4 is 5.69 Å². The van der Waals surface area contributed by atoms with Gasteiger partial charge in [0.05, 0.1) is 12.7 Å². The average molecular weight is 227 g/mol. The summed E-state index contributed by atoms with van der Waals surface area (Å²) in [5.41, 5.74) is 6.80. The third-order valence-electron chi connectivity index (χ3n) is 2.11. The van der Waals surface area contributed by atoms with Crippen LogP contribution in [0.25, 0.3) is 0 Å². The van der Waals surface area contributed by atoms with Crippen molar-refractivity contribution in [3.05, 3.63) is 23.5 Å². The smallest absolute Gasteiger partial charge is 0.167 e. The van der Waals surface area contributed by atoms with E-state index in [1.807, 2.05) is 20.8 Å². The monoisotopic (exact) mass is 227 g/mol. The molecular formula is C12H18FNO2. The minimum Gasteiger partial charge on any atom is -0.488 e. The molecule has 1 aromatic rings. The maximum absolute atomic E-state index is 13.4. The molecule has 0 amide bonds. The number of halogens is 1. The molecule has 2 N–H and O–H groups in total. The van der Waals surface area contributed by atoms with E-state index in [-0.39, 0.29) is 11.9 Å². The van der Waals surface area contributed by atoms with E-state index in [2.05, 4.69) is 0 Å². The van der Waals surface area contributed by atoms with Crippen LogP contribution in [0.15, 0.2) is 12.1 Å². The van der Waals surface area contributed by atoms with Gasteiger partial charge in [-0.25, -0.2) is 4.39 Å². The molecule has 0 aromatic heterocycles. The number of ether oxygens (including phenoxy) is 2. The lowest BCUT2D eigenvalue weighted by molar-refractivity contribution is 0.0544. The third kappa shape index (κ3) is 3.70. The molecule has 1 rings (SSSR count). The van der Waals surface area contributed by atoms with E-state index in [4.69, 9.17) is 15.2 Å². The van der Waals surface area contributed by atoms with Gasteiger partial charge in [-0.05, 0) is 32.4 Å². The van der Waals surface area contributed by atoms with Crippen molar-refractivity contribution in [2.75, 3.05) is 18.9 Å². The Morgan fingerprint density at radius 3 is 2.62 bits per heavy atom. The molecule has 1 aromatic carbocycles. The number of aryl methyl sites for hydroxylation is 1. The lowest BCUT2D eigenvalue weighted by Gasteiger charge is -2.11. The van der Waals surface area contributed by atoms with Gasteiger partial charge in [-0.1, -0.05) is 0 Å². The van der Waals surface area contributed by atoms with Gasteiger partial charge in [0.1, 0.15) is 6.61 Å². The molecule has 0 radical (unpaired) electrons. The zero-order valence-electron chi connectivity index (χ0n) is 9.92. The maximum Gasteiger partial charge on any atom is 0.167 e. The van der Waals surface area contributed by atoms with Gasteiger partial charge in [-0.3, -0.25) is 0 Å². The molecule has 0 atom stereocenters. The Hall–Kier alpha value is -1.29. The maximum atomic E-state index is 13.4. The SMILES string of the molecule is Cc1cc(OCCOC(C)C)c(F)cc1N. The van der Waals surface area contributed by atoms with Gasteiger partial charge < -0.3 is 15.2 Å². The summed E-state index contributed by atoms with van der Waals surface area (Å²) in [5, 5.41) is 0. The number of rotatable bonds is 5. The van der Waals surface area contributed by atoms with E-state index in [1.54, 1.807) is 6.07 Å². The molecule has 0 aliphatic heterocycles. The summed E-state index contributed by atoms with van der Waals surface area (Å²) in [4.78, 5) is 0. The van der Waals surface area contributed by atoms with Crippen LogP contribution in [0.3, 0.4) is 0 Å². The van der Waals surface area contributed by atoms with E-state index in [0.717, 1.165) is 5.56 Å². The normalized spacial score (nSPS) is 10.8. The number of benzene rings is 1. The van der Waals surface area contributed by atoms with Gasteiger partial charge in [0.2, 0.25) is 0 Å². The number of anilines is 1. The second-order valence-electron chi connectivity index (χ2n) is 3.91. The summed E-state index contributed by atoms with van der Waals surface area (Å²) < 4.78 is 23.9. The largest absolute Gasteiger partial charge is 0.488 e. The zero-order chi connectivity index (χ0) is 12.1. The Kier molecular flexibility index (Phi) is 4.55. The molecule has 16 heavy (non-hydrogen) atoms. The van der Waals surface area contributed by atoms with Crippen LogP contribution < -0.4 is 10.5 Å². The number of hydrogen-bond acceptors (Lipinski definition) is 3. The Labute approximate surface area is 95.4 Å². The van der Waals surface area contributed by atoms with Crippen molar-refractivity contribution in [3.8, 4) is 5.75 Å². The minimum atomic E-state index is -0.437. The van der Waals surface area contributed by atoms with Crippen molar-refractivity contribution in [2.24, 2.45) is 0 Å². The number of hydrogen-bond donors (Lipinski definition) is 1. The molecule has 0 heterocycles. The lowest BCUT2D eigenvalue weighted by atomic mass is 10.2. The minimum absolute atomic E-state index is 0.154. The van der Waals surface area contributed by atoms with Crippen LogP contribution in [0, 0.1) is 12.7 Å². The van der Waals surface area contributed by atoms with Crippen LogP contribution in [0.2, 0.25) is 0 Å². The molecule has 0 saturated carbocycles. The van der Waals surface area contributed by atoms with Gasteiger partial charge in [0, 0.05) is 11.8 Å². The average Bonchev–Trinajstić information content (AvgIpc) is 2.19. The van der Waals surface area contributed by atoms with E-state index in [0.29, 0.717) is 18.9 Å². The molecule has 0 unspecified atom stereocenters. The van der Waals surface area contributed by atoms with Crippen LogP contribution in [0.4, 0.5) is 10.1 Å². The molecule has 90 valence electrons. The molecule has 0 aliphatic carbocycles. The fourth-order valence-electron chi connectivity index (χ4n) is 1.22. The molecule has 0 saturated heterocycles. The molecule has 0 spiro atoms. The Morgan fingerprint density at radius 1 is 1.31 bits per heavy atom. The first-order chi connectivity index (χ1) is 7.50. The third-order valence-corrected chi connectivity index (χ3v) is 2.11. The summed E-state index contributed by atoms with van der Waals surface area (Å²) in [6.07, 6.45) is 0.154. The Bertz CT molecular complexity index is 353. The molecule has 0 fully saturated rings. The van der Waals surface area contributed by atoms with Crippen molar-refractivity contribution in [2.45, 2.75) is 26.9 Å². The van der Waals surface area contributed by atoms with Crippen LogP contribution in [-0.2, 0) is 4.74 Å². The molecule has 3 nitrogen and oxygen atoms in total. The van der Waals surface area contributed by atoms with Crippen molar-refractivity contribution in [1.82, 2.24) is 0 Å². The molecule has 0 bridgehead atoms. The predicted octanol–water partition coefficient (Wildman–Crippen LogP) is 2.52. The topological polar surface area (TPSA) is 44.5 Å². The summed E-state index contributed by atoms with van der Waals surface area (Å²) in [6.45, 7) is 6.47. The van der Waals surface area contributed by atoms with Crippen LogP contribution >= 0.6 is 0 Å². The predicted molar refractivity (Wildman–Crippen MR) is 62.1 cm³/mol. The van der Waals surface area contributed by atoms with E-state index >= 15 is 0 Å². The summed E-state index contributed by atoms with van der Waals surface area (Å²) in [5.74, 6) is -0.216. The first kappa shape index (κ1) is 12.8. The summed E-state index contributed by atoms with van der Waals surface area (Å²) in [7, 11) is 0. The van der Waals surface area contributed by atoms with Crippen LogP contribution in [-0.4, -0.2) is 19.3 Å². The highest BCUT2D eigenvalue weighted by atomic mass is 19.1. The van der Waals surface area contributed by atoms with E-state index < -0.39 is 5.82 Å². The first-order valence-corrected chi connectivity index (χ1v) is 5.30. The second kappa shape index (κ2) is 5.70. The zero-order valence-corrected chi connectivity index (χ0v) is 9.92. The van der Waals surface area contributed by atoms with Gasteiger partial charge in [0.25, 0.3) is 0 Å². The molecule has 0 aliphatic rings. The standard InChI is InChI=1S/C12H18FNO2/c1-8(2)15-4-5-16-12-6-9(3)11(14)7-10(12)13/h6-8H,4-5,14H2,1-3H3. The highest BCUT2D eigenvalue weighted by Crippen LogP contribution is 2.23. The quantitative estimate of drug-likeness (QED) is 0.621. The van der Waals surface area contributed by atoms with Gasteiger partial charge in [0.15, 0.2) is 11.6 Å². The van der Waals surface area contributed by atoms with Crippen LogP contribution in [0.1, 0.15) is 19.4 Å². The summed E-state index contributed by atoms with van der Waals surface area (Å²) >= 11 is 0. The summed E-state index contributed by atoms with van der Waals surface area (Å²) in [6, 6.07) is 2.87. The molecular weight excluding hydrogens is 209 g/mol. The fourth-order valence-corrected chi connectivity index (χ4v) is 1.22. The van der Waals surface area contributed by atoms with Crippen molar-refractivity contribution in [1.29, 1.82) is 0 Å². The number of nitrogens with two attached hydrogens (primary N) is 1. The Balaban J connectivity index is 2.51. The fraction of sp³-hybridized carbons (Fsp3) is 0.500. The highest BCUT2D eigenvalue weighted by Gasteiger charge is 2.06.